The number of nitrogens with one attached hydrogen (secondary N) is 1. The second-order valence-electron chi connectivity index (χ2n) is 10.9. The van der Waals surface area contributed by atoms with Gasteiger partial charge in [-0.25, -0.2) is 0 Å². The standard InChI is InChI=1S/C25H40N4O2/c1-25(2,3)20-9-7-19(8-10-20)24(31)26-21-11-12-27(17-21)18-23(30)29-15-13-28(14-16-29)22-5-4-6-22/h7-9,20-22H,4-6,10-18H2,1-3H3,(H,26,31). The van der Waals surface area contributed by atoms with E-state index in [-0.39, 0.29) is 23.3 Å². The van der Waals surface area contributed by atoms with Crippen LogP contribution in [-0.2, 0) is 9.59 Å². The van der Waals surface area contributed by atoms with Crippen LogP contribution in [0.25, 0.3) is 0 Å². The lowest BCUT2D eigenvalue weighted by atomic mass is 9.76. The molecule has 4 rings (SSSR count). The number of nitrogens with zero attached hydrogens (tertiary/aromatic N) is 3. The molecule has 2 saturated heterocycles. The SMILES string of the molecule is CC(C)(C)C1C=CC(C(=O)NC2CCN(CC(=O)N3CCN(C4CCC4)CC3)C2)=CC1. The number of rotatable bonds is 5. The van der Waals surface area contributed by atoms with E-state index < -0.39 is 0 Å². The van der Waals surface area contributed by atoms with Crippen LogP contribution in [0.4, 0.5) is 0 Å². The van der Waals surface area contributed by atoms with Gasteiger partial charge in [-0.2, -0.15) is 0 Å². The molecule has 0 bridgehead atoms. The maximum absolute atomic E-state index is 12.8. The Morgan fingerprint density at radius 2 is 1.81 bits per heavy atom. The van der Waals surface area contributed by atoms with Gasteiger partial charge in [0.05, 0.1) is 6.54 Å². The average Bonchev–Trinajstić information content (AvgIpc) is 3.13. The summed E-state index contributed by atoms with van der Waals surface area (Å²) in [6, 6.07) is 0.902. The molecule has 0 spiro atoms. The van der Waals surface area contributed by atoms with E-state index in [0.29, 0.717) is 12.5 Å². The van der Waals surface area contributed by atoms with Crippen molar-refractivity contribution in [3.05, 3.63) is 23.8 Å². The zero-order valence-corrected chi connectivity index (χ0v) is 19.6. The summed E-state index contributed by atoms with van der Waals surface area (Å²) in [7, 11) is 0. The van der Waals surface area contributed by atoms with E-state index in [1.165, 1.54) is 19.3 Å². The molecule has 4 aliphatic rings. The Labute approximate surface area is 187 Å². The van der Waals surface area contributed by atoms with Crippen LogP contribution < -0.4 is 5.32 Å². The molecule has 1 N–H and O–H groups in total. The highest BCUT2D eigenvalue weighted by atomic mass is 16.2. The summed E-state index contributed by atoms with van der Waals surface area (Å²) < 4.78 is 0. The van der Waals surface area contributed by atoms with Crippen molar-refractivity contribution in [2.75, 3.05) is 45.8 Å². The van der Waals surface area contributed by atoms with E-state index in [9.17, 15) is 9.59 Å². The number of carbonyl (C=O) groups excluding carboxylic acids is 2. The largest absolute Gasteiger partial charge is 0.348 e. The predicted octanol–water partition coefficient (Wildman–Crippen LogP) is 2.42. The summed E-state index contributed by atoms with van der Waals surface area (Å²) >= 11 is 0. The monoisotopic (exact) mass is 428 g/mol. The Bertz CT molecular complexity index is 726. The Kier molecular flexibility index (Phi) is 6.87. The fourth-order valence-electron chi connectivity index (χ4n) is 5.17. The molecule has 0 radical (unpaired) electrons. The minimum absolute atomic E-state index is 0.0221. The summed E-state index contributed by atoms with van der Waals surface area (Å²) in [5, 5.41) is 3.18. The van der Waals surface area contributed by atoms with Gasteiger partial charge >= 0.3 is 0 Å². The zero-order valence-electron chi connectivity index (χ0n) is 19.6. The van der Waals surface area contributed by atoms with Crippen LogP contribution in [0.15, 0.2) is 23.8 Å². The van der Waals surface area contributed by atoms with Crippen LogP contribution in [0.3, 0.4) is 0 Å². The average molecular weight is 429 g/mol. The van der Waals surface area contributed by atoms with Crippen molar-refractivity contribution in [2.24, 2.45) is 11.3 Å². The summed E-state index contributed by atoms with van der Waals surface area (Å²) in [6.07, 6.45) is 12.1. The van der Waals surface area contributed by atoms with Crippen molar-refractivity contribution in [1.82, 2.24) is 20.0 Å². The lowest BCUT2D eigenvalue weighted by Gasteiger charge is -2.43. The van der Waals surface area contributed by atoms with Crippen molar-refractivity contribution >= 4 is 11.8 Å². The van der Waals surface area contributed by atoms with Gasteiger partial charge in [-0.05, 0) is 37.0 Å². The van der Waals surface area contributed by atoms with E-state index in [2.05, 4.69) is 48.0 Å². The highest BCUT2D eigenvalue weighted by molar-refractivity contribution is 5.96. The van der Waals surface area contributed by atoms with Crippen molar-refractivity contribution in [2.45, 2.75) is 65.0 Å². The van der Waals surface area contributed by atoms with Crippen molar-refractivity contribution in [1.29, 1.82) is 0 Å². The number of piperazine rings is 1. The summed E-state index contributed by atoms with van der Waals surface area (Å²) in [6.45, 7) is 12.6. The van der Waals surface area contributed by atoms with Gasteiger partial charge in [-0.3, -0.25) is 19.4 Å². The fraction of sp³-hybridized carbons (Fsp3) is 0.760. The van der Waals surface area contributed by atoms with Crippen LogP contribution in [0.5, 0.6) is 0 Å². The lowest BCUT2D eigenvalue weighted by molar-refractivity contribution is -0.134. The molecule has 2 heterocycles. The van der Waals surface area contributed by atoms with Crippen LogP contribution in [0.2, 0.25) is 0 Å². The van der Waals surface area contributed by atoms with Gasteiger partial charge in [0.1, 0.15) is 0 Å². The van der Waals surface area contributed by atoms with Gasteiger partial charge in [-0.1, -0.05) is 45.4 Å². The summed E-state index contributed by atoms with van der Waals surface area (Å²) in [5.74, 6) is 0.743. The Morgan fingerprint density at radius 3 is 2.39 bits per heavy atom. The zero-order chi connectivity index (χ0) is 22.0. The number of hydrogen-bond acceptors (Lipinski definition) is 4. The highest BCUT2D eigenvalue weighted by Crippen LogP contribution is 2.33. The third-order valence-corrected chi connectivity index (χ3v) is 7.70. The topological polar surface area (TPSA) is 55.9 Å². The van der Waals surface area contributed by atoms with Crippen molar-refractivity contribution < 1.29 is 9.59 Å². The van der Waals surface area contributed by atoms with Crippen LogP contribution in [0, 0.1) is 11.3 Å². The van der Waals surface area contributed by atoms with Gasteiger partial charge in [0.15, 0.2) is 0 Å². The molecule has 2 atom stereocenters. The highest BCUT2D eigenvalue weighted by Gasteiger charge is 2.32. The summed E-state index contributed by atoms with van der Waals surface area (Å²) in [5.41, 5.74) is 0.997. The van der Waals surface area contributed by atoms with Gasteiger partial charge in [0, 0.05) is 56.9 Å². The molecule has 2 unspecified atom stereocenters. The molecule has 6 nitrogen and oxygen atoms in total. The molecule has 172 valence electrons. The van der Waals surface area contributed by atoms with Crippen LogP contribution >= 0.6 is 0 Å². The maximum atomic E-state index is 12.8. The predicted molar refractivity (Wildman–Crippen MR) is 124 cm³/mol. The van der Waals surface area contributed by atoms with Gasteiger partial charge in [0.2, 0.25) is 5.91 Å². The van der Waals surface area contributed by atoms with E-state index in [0.717, 1.165) is 63.7 Å². The molecule has 2 aliphatic carbocycles. The quantitative estimate of drug-likeness (QED) is 0.731. The van der Waals surface area contributed by atoms with E-state index in [4.69, 9.17) is 0 Å². The van der Waals surface area contributed by atoms with Crippen LogP contribution in [0.1, 0.15) is 52.9 Å². The number of allylic oxidation sites excluding steroid dienone is 2. The second-order valence-corrected chi connectivity index (χ2v) is 10.9. The normalized spacial score (nSPS) is 28.4. The van der Waals surface area contributed by atoms with E-state index >= 15 is 0 Å². The first-order chi connectivity index (χ1) is 14.8. The molecule has 2 aliphatic heterocycles. The van der Waals surface area contributed by atoms with Crippen molar-refractivity contribution in [3.8, 4) is 0 Å². The number of likely N-dealkylation sites (tertiary alicyclic amines) is 1. The fourth-order valence-corrected chi connectivity index (χ4v) is 5.17. The van der Waals surface area contributed by atoms with Gasteiger partial charge in [-0.15, -0.1) is 0 Å². The molecule has 0 aromatic rings. The van der Waals surface area contributed by atoms with Gasteiger partial charge < -0.3 is 10.2 Å². The lowest BCUT2D eigenvalue weighted by Crippen LogP contribution is -2.55. The third-order valence-electron chi connectivity index (χ3n) is 7.70. The molecule has 0 aromatic heterocycles. The number of hydrogen-bond donors (Lipinski definition) is 1. The van der Waals surface area contributed by atoms with E-state index in [1.54, 1.807) is 0 Å². The first kappa shape index (κ1) is 22.5. The molecule has 6 heteroatoms. The number of amides is 2. The third kappa shape index (κ3) is 5.58. The maximum Gasteiger partial charge on any atom is 0.251 e. The smallest absolute Gasteiger partial charge is 0.251 e. The van der Waals surface area contributed by atoms with Crippen LogP contribution in [-0.4, -0.2) is 84.4 Å². The molecule has 31 heavy (non-hydrogen) atoms. The minimum Gasteiger partial charge on any atom is -0.348 e. The molecular formula is C25H40N4O2. The Hall–Kier alpha value is -1.66. The minimum atomic E-state index is 0.0221. The Morgan fingerprint density at radius 1 is 1.06 bits per heavy atom. The van der Waals surface area contributed by atoms with Crippen molar-refractivity contribution in [3.63, 3.8) is 0 Å². The Balaban J connectivity index is 1.18. The summed E-state index contributed by atoms with van der Waals surface area (Å²) in [4.78, 5) is 32.2. The van der Waals surface area contributed by atoms with Gasteiger partial charge in [0.25, 0.3) is 5.91 Å². The number of carbonyl (C=O) groups is 2. The van der Waals surface area contributed by atoms with E-state index in [1.807, 2.05) is 11.0 Å². The second kappa shape index (κ2) is 9.45. The molecule has 1 saturated carbocycles. The molecular weight excluding hydrogens is 388 g/mol. The molecule has 2 amide bonds. The molecule has 3 fully saturated rings. The molecule has 0 aromatic carbocycles. The first-order valence-electron chi connectivity index (χ1n) is 12.2. The first-order valence-corrected chi connectivity index (χ1v) is 12.2.